The molecule has 0 radical (unpaired) electrons. The Hall–Kier alpha value is -0.660. The van der Waals surface area contributed by atoms with E-state index in [1.165, 1.54) is 0 Å². The fourth-order valence-corrected chi connectivity index (χ4v) is 0.245. The third kappa shape index (κ3) is 26.7. The van der Waals surface area contributed by atoms with Crippen LogP contribution in [0.4, 0.5) is 0 Å². The lowest BCUT2D eigenvalue weighted by Crippen LogP contribution is -1.81. The molecule has 68 valence electrons. The fourth-order valence-electron chi connectivity index (χ4n) is 0.245. The number of hydrogen-bond donors (Lipinski definition) is 0. The van der Waals surface area contributed by atoms with Crippen molar-refractivity contribution >= 4 is 12.1 Å². The van der Waals surface area contributed by atoms with Crippen LogP contribution in [0.3, 0.4) is 0 Å². The van der Waals surface area contributed by atoms with Crippen molar-refractivity contribution in [2.24, 2.45) is 9.98 Å². The van der Waals surface area contributed by atoms with E-state index >= 15 is 0 Å². The predicted octanol–water partition coefficient (Wildman–Crippen LogP) is 3.18. The maximum Gasteiger partial charge on any atom is 0.119 e. The molecule has 0 N–H and O–H groups in total. The summed E-state index contributed by atoms with van der Waals surface area (Å²) >= 11 is 0. The van der Waals surface area contributed by atoms with Gasteiger partial charge >= 0.3 is 0 Å². The quantitative estimate of drug-likeness (QED) is 0.382. The number of amidine groups is 1. The minimum atomic E-state index is 0.822. The molecule has 0 fully saturated rings. The van der Waals surface area contributed by atoms with Gasteiger partial charge in [-0.25, -0.2) is 4.99 Å². The van der Waals surface area contributed by atoms with E-state index in [0.29, 0.717) is 0 Å². The largest absolute Gasteiger partial charge is 0.274 e. The molecule has 0 spiro atoms. The molecular formula is C9H22N2. The van der Waals surface area contributed by atoms with Crippen LogP contribution in [0.1, 0.15) is 41.5 Å². The van der Waals surface area contributed by atoms with Crippen LogP contribution in [0.2, 0.25) is 0 Å². The summed E-state index contributed by atoms with van der Waals surface area (Å²) in [7, 11) is 1.72. The first-order chi connectivity index (χ1) is 5.31. The average Bonchev–Trinajstić information content (AvgIpc) is 2.12. The Morgan fingerprint density at radius 1 is 1.09 bits per heavy atom. The summed E-state index contributed by atoms with van der Waals surface area (Å²) in [5, 5.41) is 0. The second kappa shape index (κ2) is 22.8. The molecule has 0 aromatic rings. The number of nitrogens with zero attached hydrogens (tertiary/aromatic N) is 2. The molecular weight excluding hydrogens is 136 g/mol. The average molecular weight is 158 g/mol. The summed E-state index contributed by atoms with van der Waals surface area (Å²) in [5.41, 5.74) is 0. The second-order valence-corrected chi connectivity index (χ2v) is 1.16. The summed E-state index contributed by atoms with van der Waals surface area (Å²) < 4.78 is 0. The molecule has 0 aliphatic rings. The molecule has 11 heavy (non-hydrogen) atoms. The normalized spacial score (nSPS) is 9.55. The minimum absolute atomic E-state index is 0.822. The van der Waals surface area contributed by atoms with Gasteiger partial charge in [0.15, 0.2) is 0 Å². The van der Waals surface area contributed by atoms with Crippen molar-refractivity contribution in [1.29, 1.82) is 0 Å². The Kier molecular flexibility index (Phi) is 34.7. The Balaban J connectivity index is -0.000000138. The van der Waals surface area contributed by atoms with Gasteiger partial charge in [0.05, 0.1) is 0 Å². The zero-order chi connectivity index (χ0) is 9.70. The summed E-state index contributed by atoms with van der Waals surface area (Å²) in [6, 6.07) is 0. The third-order valence-corrected chi connectivity index (χ3v) is 0.640. The molecule has 0 amide bonds. The van der Waals surface area contributed by atoms with Crippen molar-refractivity contribution in [3.05, 3.63) is 0 Å². The van der Waals surface area contributed by atoms with Crippen molar-refractivity contribution in [2.75, 3.05) is 7.05 Å². The third-order valence-electron chi connectivity index (χ3n) is 0.640. The lowest BCUT2D eigenvalue weighted by Gasteiger charge is -1.81. The van der Waals surface area contributed by atoms with E-state index in [9.17, 15) is 0 Å². The highest BCUT2D eigenvalue weighted by Gasteiger charge is 1.72. The SMILES string of the molecule is CC.CC.CC=NC(C)=NC. The molecule has 0 aliphatic heterocycles. The van der Waals surface area contributed by atoms with E-state index in [0.717, 1.165) is 5.84 Å². The molecule has 0 atom stereocenters. The van der Waals surface area contributed by atoms with Gasteiger partial charge in [-0.05, 0) is 13.8 Å². The van der Waals surface area contributed by atoms with Gasteiger partial charge in [-0.15, -0.1) is 0 Å². The van der Waals surface area contributed by atoms with E-state index in [1.54, 1.807) is 13.3 Å². The van der Waals surface area contributed by atoms with Gasteiger partial charge in [0.1, 0.15) is 5.84 Å². The van der Waals surface area contributed by atoms with Gasteiger partial charge in [-0.3, -0.25) is 4.99 Å². The molecule has 0 unspecified atom stereocenters. The molecule has 0 aromatic carbocycles. The van der Waals surface area contributed by atoms with Crippen molar-refractivity contribution < 1.29 is 0 Å². The fraction of sp³-hybridized carbons (Fsp3) is 0.778. The van der Waals surface area contributed by atoms with Crippen molar-refractivity contribution in [3.63, 3.8) is 0 Å². The van der Waals surface area contributed by atoms with Crippen LogP contribution in [0.5, 0.6) is 0 Å². The van der Waals surface area contributed by atoms with Gasteiger partial charge < -0.3 is 0 Å². The lowest BCUT2D eigenvalue weighted by atomic mass is 10.7. The predicted molar refractivity (Wildman–Crippen MR) is 55.9 cm³/mol. The van der Waals surface area contributed by atoms with Crippen LogP contribution in [-0.4, -0.2) is 19.1 Å². The van der Waals surface area contributed by atoms with Gasteiger partial charge in [0.25, 0.3) is 0 Å². The van der Waals surface area contributed by atoms with Gasteiger partial charge in [0.2, 0.25) is 0 Å². The van der Waals surface area contributed by atoms with Crippen LogP contribution in [0.15, 0.2) is 9.98 Å². The first kappa shape index (κ1) is 16.7. The Morgan fingerprint density at radius 2 is 1.45 bits per heavy atom. The van der Waals surface area contributed by atoms with Crippen LogP contribution in [-0.2, 0) is 0 Å². The van der Waals surface area contributed by atoms with Crippen LogP contribution in [0, 0.1) is 0 Å². The highest BCUT2D eigenvalue weighted by molar-refractivity contribution is 5.86. The molecule has 2 heteroatoms. The molecule has 0 saturated heterocycles. The van der Waals surface area contributed by atoms with Gasteiger partial charge in [-0.2, -0.15) is 0 Å². The first-order valence-electron chi connectivity index (χ1n) is 4.23. The first-order valence-corrected chi connectivity index (χ1v) is 4.23. The summed E-state index contributed by atoms with van der Waals surface area (Å²) in [6.07, 6.45) is 1.72. The molecule has 0 rings (SSSR count). The van der Waals surface area contributed by atoms with Gasteiger partial charge in [0, 0.05) is 13.3 Å². The maximum atomic E-state index is 3.87. The topological polar surface area (TPSA) is 24.7 Å². The summed E-state index contributed by atoms with van der Waals surface area (Å²) in [4.78, 5) is 7.66. The second-order valence-electron chi connectivity index (χ2n) is 1.16. The van der Waals surface area contributed by atoms with E-state index in [4.69, 9.17) is 0 Å². The maximum absolute atomic E-state index is 3.87. The van der Waals surface area contributed by atoms with E-state index in [-0.39, 0.29) is 0 Å². The molecule has 0 bridgehead atoms. The summed E-state index contributed by atoms with van der Waals surface area (Å²) in [5.74, 6) is 0.822. The summed E-state index contributed by atoms with van der Waals surface area (Å²) in [6.45, 7) is 11.7. The monoisotopic (exact) mass is 158 g/mol. The van der Waals surface area contributed by atoms with E-state index in [1.807, 2.05) is 41.5 Å². The Morgan fingerprint density at radius 3 is 1.55 bits per heavy atom. The van der Waals surface area contributed by atoms with Crippen molar-refractivity contribution in [3.8, 4) is 0 Å². The molecule has 2 nitrogen and oxygen atoms in total. The van der Waals surface area contributed by atoms with Crippen LogP contribution < -0.4 is 0 Å². The lowest BCUT2D eigenvalue weighted by molar-refractivity contribution is 1.38. The highest BCUT2D eigenvalue weighted by atomic mass is 14.9. The Bertz CT molecular complexity index is 93.7. The zero-order valence-electron chi connectivity index (χ0n) is 8.97. The van der Waals surface area contributed by atoms with E-state index in [2.05, 4.69) is 9.98 Å². The molecule has 0 aromatic heterocycles. The Labute approximate surface area is 71.5 Å². The standard InChI is InChI=1S/C5H10N2.2C2H6/c1-4-7-5(2)6-3;2*1-2/h4H,1-3H3;2*1-2H3. The minimum Gasteiger partial charge on any atom is -0.274 e. The smallest absolute Gasteiger partial charge is 0.119 e. The van der Waals surface area contributed by atoms with E-state index < -0.39 is 0 Å². The number of rotatable bonds is 0. The highest BCUT2D eigenvalue weighted by Crippen LogP contribution is 1.72. The van der Waals surface area contributed by atoms with Crippen molar-refractivity contribution in [1.82, 2.24) is 0 Å². The number of aliphatic imine (C=N–C) groups is 2. The van der Waals surface area contributed by atoms with Crippen LogP contribution >= 0.6 is 0 Å². The number of hydrogen-bond acceptors (Lipinski definition) is 1. The molecule has 0 heterocycles. The molecule has 0 saturated carbocycles. The molecule has 0 aliphatic carbocycles. The zero-order valence-corrected chi connectivity index (χ0v) is 8.97. The van der Waals surface area contributed by atoms with Crippen LogP contribution in [0.25, 0.3) is 0 Å². The van der Waals surface area contributed by atoms with Gasteiger partial charge in [-0.1, -0.05) is 27.7 Å². The van der Waals surface area contributed by atoms with Crippen molar-refractivity contribution in [2.45, 2.75) is 41.5 Å².